The normalized spacial score (nSPS) is 23.7. The van der Waals surface area contributed by atoms with Gasteiger partial charge in [-0.1, -0.05) is 19.8 Å². The molecule has 2 N–H and O–H groups in total. The number of rotatable bonds is 4. The Labute approximate surface area is 110 Å². The second kappa shape index (κ2) is 6.03. The first kappa shape index (κ1) is 13.1. The fraction of sp³-hybridized carbons (Fsp3) is 0.714. The quantitative estimate of drug-likeness (QED) is 0.860. The van der Waals surface area contributed by atoms with Crippen LogP contribution in [0.25, 0.3) is 0 Å². The van der Waals surface area contributed by atoms with Crippen molar-refractivity contribution in [2.24, 2.45) is 11.8 Å². The average Bonchev–Trinajstić information content (AvgIpc) is 2.39. The summed E-state index contributed by atoms with van der Waals surface area (Å²) in [5.74, 6) is 3.59. The zero-order valence-corrected chi connectivity index (χ0v) is 11.7. The van der Waals surface area contributed by atoms with E-state index in [1.165, 1.54) is 25.7 Å². The molecule has 1 fully saturated rings. The Morgan fingerprint density at radius 1 is 1.17 bits per heavy atom. The van der Waals surface area contributed by atoms with Crippen LogP contribution < -0.4 is 10.6 Å². The third-order valence-electron chi connectivity index (χ3n) is 4.01. The van der Waals surface area contributed by atoms with Crippen molar-refractivity contribution in [1.82, 2.24) is 9.97 Å². The van der Waals surface area contributed by atoms with E-state index < -0.39 is 0 Å². The van der Waals surface area contributed by atoms with E-state index in [9.17, 15) is 0 Å². The average molecular weight is 248 g/mol. The molecule has 0 saturated heterocycles. The van der Waals surface area contributed by atoms with Gasteiger partial charge in [-0.15, -0.1) is 0 Å². The Balaban J connectivity index is 1.90. The van der Waals surface area contributed by atoms with Crippen LogP contribution in [-0.4, -0.2) is 23.6 Å². The zero-order valence-electron chi connectivity index (χ0n) is 11.7. The molecular weight excluding hydrogens is 224 g/mol. The van der Waals surface area contributed by atoms with Gasteiger partial charge in [0.05, 0.1) is 0 Å². The standard InChI is InChI=1S/C14H24N4/c1-10-4-6-12(7-5-10)8-16-14-11(2)13(15-3)17-9-18-14/h9-10,12H,4-8H2,1-3H3,(H2,15,16,17,18). The molecule has 0 bridgehead atoms. The van der Waals surface area contributed by atoms with Gasteiger partial charge in [0.15, 0.2) is 0 Å². The van der Waals surface area contributed by atoms with E-state index in [2.05, 4.69) is 34.4 Å². The number of nitrogens with one attached hydrogen (secondary N) is 2. The minimum absolute atomic E-state index is 0.800. The van der Waals surface area contributed by atoms with Gasteiger partial charge >= 0.3 is 0 Å². The van der Waals surface area contributed by atoms with Crippen molar-refractivity contribution >= 4 is 11.6 Å². The molecule has 0 spiro atoms. The molecule has 4 nitrogen and oxygen atoms in total. The maximum atomic E-state index is 4.32. The maximum absolute atomic E-state index is 4.32. The van der Waals surface area contributed by atoms with Crippen molar-refractivity contribution < 1.29 is 0 Å². The lowest BCUT2D eigenvalue weighted by atomic mass is 9.83. The maximum Gasteiger partial charge on any atom is 0.134 e. The molecule has 1 heterocycles. The highest BCUT2D eigenvalue weighted by molar-refractivity contribution is 5.56. The van der Waals surface area contributed by atoms with Crippen molar-refractivity contribution in [3.05, 3.63) is 11.9 Å². The van der Waals surface area contributed by atoms with Crippen LogP contribution in [0.4, 0.5) is 11.6 Å². The Morgan fingerprint density at radius 2 is 1.83 bits per heavy atom. The smallest absolute Gasteiger partial charge is 0.134 e. The first-order valence-corrected chi connectivity index (χ1v) is 6.94. The van der Waals surface area contributed by atoms with E-state index in [1.54, 1.807) is 6.33 Å². The number of aromatic nitrogens is 2. The molecule has 2 rings (SSSR count). The highest BCUT2D eigenvalue weighted by atomic mass is 15.1. The molecule has 0 amide bonds. The summed E-state index contributed by atoms with van der Waals surface area (Å²) in [6.45, 7) is 5.45. The summed E-state index contributed by atoms with van der Waals surface area (Å²) in [5, 5.41) is 6.57. The van der Waals surface area contributed by atoms with Crippen molar-refractivity contribution in [3.63, 3.8) is 0 Å². The van der Waals surface area contributed by atoms with Crippen LogP contribution in [-0.2, 0) is 0 Å². The largest absolute Gasteiger partial charge is 0.373 e. The number of nitrogens with zero attached hydrogens (tertiary/aromatic N) is 2. The SMILES string of the molecule is CNc1ncnc(NCC2CCC(C)CC2)c1C. The Morgan fingerprint density at radius 3 is 2.50 bits per heavy atom. The Bertz CT molecular complexity index is 383. The van der Waals surface area contributed by atoms with Gasteiger partial charge in [0.2, 0.25) is 0 Å². The van der Waals surface area contributed by atoms with Crippen LogP contribution >= 0.6 is 0 Å². The van der Waals surface area contributed by atoms with Gasteiger partial charge in [0, 0.05) is 19.2 Å². The van der Waals surface area contributed by atoms with Crippen LogP contribution in [0.5, 0.6) is 0 Å². The molecule has 1 aromatic rings. The molecular formula is C14H24N4. The minimum Gasteiger partial charge on any atom is -0.373 e. The highest BCUT2D eigenvalue weighted by Gasteiger charge is 2.18. The lowest BCUT2D eigenvalue weighted by Crippen LogP contribution is -2.21. The number of anilines is 2. The van der Waals surface area contributed by atoms with E-state index in [0.717, 1.165) is 35.6 Å². The van der Waals surface area contributed by atoms with E-state index in [1.807, 2.05) is 7.05 Å². The predicted octanol–water partition coefficient (Wildman–Crippen LogP) is 3.06. The van der Waals surface area contributed by atoms with E-state index in [0.29, 0.717) is 0 Å². The van der Waals surface area contributed by atoms with Gasteiger partial charge in [0.25, 0.3) is 0 Å². The fourth-order valence-electron chi connectivity index (χ4n) is 2.65. The van der Waals surface area contributed by atoms with Crippen LogP contribution in [0, 0.1) is 18.8 Å². The van der Waals surface area contributed by atoms with Crippen LogP contribution in [0.3, 0.4) is 0 Å². The van der Waals surface area contributed by atoms with Crippen molar-refractivity contribution in [3.8, 4) is 0 Å². The molecule has 1 aliphatic rings. The second-order valence-electron chi connectivity index (χ2n) is 5.45. The summed E-state index contributed by atoms with van der Waals surface area (Å²) in [5.41, 5.74) is 1.10. The number of hydrogen-bond acceptors (Lipinski definition) is 4. The van der Waals surface area contributed by atoms with E-state index in [4.69, 9.17) is 0 Å². The predicted molar refractivity (Wildman–Crippen MR) is 75.9 cm³/mol. The zero-order chi connectivity index (χ0) is 13.0. The number of hydrogen-bond donors (Lipinski definition) is 2. The van der Waals surface area contributed by atoms with Gasteiger partial charge in [-0.05, 0) is 31.6 Å². The summed E-state index contributed by atoms with van der Waals surface area (Å²) >= 11 is 0. The van der Waals surface area contributed by atoms with Crippen molar-refractivity contribution in [2.75, 3.05) is 24.2 Å². The third-order valence-corrected chi connectivity index (χ3v) is 4.01. The summed E-state index contributed by atoms with van der Waals surface area (Å²) in [6.07, 6.45) is 7.05. The molecule has 1 aliphatic carbocycles. The molecule has 0 unspecified atom stereocenters. The molecule has 0 radical (unpaired) electrons. The van der Waals surface area contributed by atoms with Gasteiger partial charge in [-0.2, -0.15) is 0 Å². The topological polar surface area (TPSA) is 49.8 Å². The first-order valence-electron chi connectivity index (χ1n) is 6.94. The third kappa shape index (κ3) is 3.12. The monoisotopic (exact) mass is 248 g/mol. The molecule has 4 heteroatoms. The van der Waals surface area contributed by atoms with Gasteiger partial charge < -0.3 is 10.6 Å². The minimum atomic E-state index is 0.800. The van der Waals surface area contributed by atoms with Crippen molar-refractivity contribution in [2.45, 2.75) is 39.5 Å². The molecule has 0 aliphatic heterocycles. The summed E-state index contributed by atoms with van der Waals surface area (Å²) in [6, 6.07) is 0. The molecule has 18 heavy (non-hydrogen) atoms. The van der Waals surface area contributed by atoms with Gasteiger partial charge in [-0.25, -0.2) is 9.97 Å². The van der Waals surface area contributed by atoms with Gasteiger partial charge in [-0.3, -0.25) is 0 Å². The lowest BCUT2D eigenvalue weighted by molar-refractivity contribution is 0.300. The van der Waals surface area contributed by atoms with E-state index >= 15 is 0 Å². The molecule has 1 aromatic heterocycles. The van der Waals surface area contributed by atoms with Crippen LogP contribution in [0.15, 0.2) is 6.33 Å². The first-order chi connectivity index (χ1) is 8.70. The molecule has 1 saturated carbocycles. The highest BCUT2D eigenvalue weighted by Crippen LogP contribution is 2.28. The summed E-state index contributed by atoms with van der Waals surface area (Å²) in [4.78, 5) is 8.52. The van der Waals surface area contributed by atoms with Gasteiger partial charge in [0.1, 0.15) is 18.0 Å². The summed E-state index contributed by atoms with van der Waals surface area (Å²) in [7, 11) is 1.89. The lowest BCUT2D eigenvalue weighted by Gasteiger charge is -2.26. The summed E-state index contributed by atoms with van der Waals surface area (Å²) < 4.78 is 0. The van der Waals surface area contributed by atoms with Crippen molar-refractivity contribution in [1.29, 1.82) is 0 Å². The van der Waals surface area contributed by atoms with Crippen LogP contribution in [0.2, 0.25) is 0 Å². The molecule has 0 atom stereocenters. The van der Waals surface area contributed by atoms with E-state index in [-0.39, 0.29) is 0 Å². The molecule has 0 aromatic carbocycles. The second-order valence-corrected chi connectivity index (χ2v) is 5.45. The Hall–Kier alpha value is -1.32. The Kier molecular flexibility index (Phi) is 4.39. The molecule has 100 valence electrons. The fourth-order valence-corrected chi connectivity index (χ4v) is 2.65. The van der Waals surface area contributed by atoms with Crippen LogP contribution in [0.1, 0.15) is 38.2 Å².